The molecule has 1 amide bonds. The lowest BCUT2D eigenvalue weighted by Crippen LogP contribution is -2.33. The van der Waals surface area contributed by atoms with Gasteiger partial charge in [0.2, 0.25) is 11.8 Å². The molecule has 0 aliphatic carbocycles. The van der Waals surface area contributed by atoms with Crippen LogP contribution in [0.3, 0.4) is 0 Å². The highest BCUT2D eigenvalue weighted by Crippen LogP contribution is 2.24. The van der Waals surface area contributed by atoms with Gasteiger partial charge in [0.15, 0.2) is 0 Å². The molecular formula is C20H22N4O3S. The van der Waals surface area contributed by atoms with Gasteiger partial charge < -0.3 is 19.4 Å². The minimum atomic E-state index is -0.0735. The van der Waals surface area contributed by atoms with Crippen LogP contribution < -0.4 is 15.0 Å². The van der Waals surface area contributed by atoms with Gasteiger partial charge in [0.1, 0.15) is 5.75 Å². The van der Waals surface area contributed by atoms with Gasteiger partial charge >= 0.3 is 0 Å². The second-order valence-electron chi connectivity index (χ2n) is 6.00. The molecule has 8 heteroatoms. The van der Waals surface area contributed by atoms with Crippen molar-refractivity contribution in [3.05, 3.63) is 54.6 Å². The number of nitrogens with one attached hydrogen (secondary N) is 1. The number of amides is 1. The van der Waals surface area contributed by atoms with Crippen molar-refractivity contribution in [2.75, 3.05) is 37.9 Å². The van der Waals surface area contributed by atoms with Crippen LogP contribution >= 0.6 is 11.8 Å². The molecule has 0 aliphatic heterocycles. The summed E-state index contributed by atoms with van der Waals surface area (Å²) in [4.78, 5) is 14.1. The predicted octanol–water partition coefficient (Wildman–Crippen LogP) is 3.09. The number of likely N-dealkylation sites (N-methyl/N-ethyl adjacent to an activating group) is 1. The van der Waals surface area contributed by atoms with Gasteiger partial charge in [0, 0.05) is 31.4 Å². The van der Waals surface area contributed by atoms with Crippen LogP contribution in [0.15, 0.2) is 64.2 Å². The van der Waals surface area contributed by atoms with Crippen molar-refractivity contribution < 1.29 is 13.9 Å². The molecule has 3 rings (SSSR count). The maximum atomic E-state index is 12.0. The van der Waals surface area contributed by atoms with E-state index >= 15 is 0 Å². The summed E-state index contributed by atoms with van der Waals surface area (Å²) in [7, 11) is 3.61. The molecule has 1 N–H and O–H groups in total. The number of ether oxygens (including phenoxy) is 1. The Hall–Kier alpha value is -3.00. The van der Waals surface area contributed by atoms with Gasteiger partial charge in [0.25, 0.3) is 5.22 Å². The minimum Gasteiger partial charge on any atom is -0.497 e. The van der Waals surface area contributed by atoms with E-state index in [0.717, 1.165) is 23.5 Å². The number of methoxy groups -OCH3 is 1. The normalized spacial score (nSPS) is 10.5. The topological polar surface area (TPSA) is 80.5 Å². The summed E-state index contributed by atoms with van der Waals surface area (Å²) in [5, 5.41) is 11.3. The molecule has 146 valence electrons. The van der Waals surface area contributed by atoms with Gasteiger partial charge in [-0.15, -0.1) is 10.2 Å². The first-order chi connectivity index (χ1) is 13.7. The van der Waals surface area contributed by atoms with Crippen molar-refractivity contribution >= 4 is 23.4 Å². The number of para-hydroxylation sites is 1. The van der Waals surface area contributed by atoms with Crippen LogP contribution in [0.2, 0.25) is 0 Å². The molecule has 0 bridgehead atoms. The Morgan fingerprint density at radius 1 is 1.14 bits per heavy atom. The minimum absolute atomic E-state index is 0.0735. The highest BCUT2D eigenvalue weighted by atomic mass is 32.2. The molecule has 1 heterocycles. The summed E-state index contributed by atoms with van der Waals surface area (Å²) in [5.41, 5.74) is 1.91. The van der Waals surface area contributed by atoms with Gasteiger partial charge in [-0.1, -0.05) is 30.0 Å². The average Bonchev–Trinajstić information content (AvgIpc) is 3.22. The van der Waals surface area contributed by atoms with Crippen LogP contribution in [0.25, 0.3) is 11.5 Å². The van der Waals surface area contributed by atoms with Crippen LogP contribution in [-0.2, 0) is 4.79 Å². The third kappa shape index (κ3) is 5.50. The summed E-state index contributed by atoms with van der Waals surface area (Å²) >= 11 is 1.22. The lowest BCUT2D eigenvalue weighted by Gasteiger charge is -2.19. The average molecular weight is 398 g/mol. The fourth-order valence-corrected chi connectivity index (χ4v) is 3.06. The standard InChI is InChI=1S/C20H22N4O3S/c1-24(16-6-4-3-5-7-16)13-12-21-18(25)14-28-20-23-22-19(27-20)15-8-10-17(26-2)11-9-15/h3-11H,12-14H2,1-2H3,(H,21,25). The lowest BCUT2D eigenvalue weighted by molar-refractivity contribution is -0.118. The van der Waals surface area contributed by atoms with E-state index in [0.29, 0.717) is 17.7 Å². The highest BCUT2D eigenvalue weighted by molar-refractivity contribution is 7.99. The van der Waals surface area contributed by atoms with Gasteiger partial charge in [-0.2, -0.15) is 0 Å². The van der Waals surface area contributed by atoms with Gasteiger partial charge in [-0.25, -0.2) is 0 Å². The van der Waals surface area contributed by atoms with Gasteiger partial charge in [-0.3, -0.25) is 4.79 Å². The third-order valence-electron chi connectivity index (χ3n) is 4.04. The second-order valence-corrected chi connectivity index (χ2v) is 6.92. The van der Waals surface area contributed by atoms with E-state index in [9.17, 15) is 4.79 Å². The van der Waals surface area contributed by atoms with Crippen molar-refractivity contribution in [1.82, 2.24) is 15.5 Å². The molecule has 0 fully saturated rings. The van der Waals surface area contributed by atoms with Gasteiger partial charge in [-0.05, 0) is 36.4 Å². The molecule has 0 atom stereocenters. The Labute approximate surface area is 168 Å². The first-order valence-corrected chi connectivity index (χ1v) is 9.78. The first-order valence-electron chi connectivity index (χ1n) is 8.79. The number of thioether (sulfide) groups is 1. The zero-order valence-corrected chi connectivity index (χ0v) is 16.6. The maximum absolute atomic E-state index is 12.0. The molecule has 0 radical (unpaired) electrons. The van der Waals surface area contributed by atoms with Gasteiger partial charge in [0.05, 0.1) is 12.9 Å². The maximum Gasteiger partial charge on any atom is 0.277 e. The molecule has 0 unspecified atom stereocenters. The van der Waals surface area contributed by atoms with Crippen molar-refractivity contribution in [3.63, 3.8) is 0 Å². The van der Waals surface area contributed by atoms with E-state index < -0.39 is 0 Å². The lowest BCUT2D eigenvalue weighted by atomic mass is 10.2. The SMILES string of the molecule is COc1ccc(-c2nnc(SCC(=O)NCCN(C)c3ccccc3)o2)cc1. The summed E-state index contributed by atoms with van der Waals surface area (Å²) < 4.78 is 10.7. The molecule has 0 spiro atoms. The molecule has 0 aliphatic rings. The number of aromatic nitrogens is 2. The quantitative estimate of drug-likeness (QED) is 0.555. The zero-order chi connectivity index (χ0) is 19.8. The van der Waals surface area contributed by atoms with Crippen molar-refractivity contribution in [2.45, 2.75) is 5.22 Å². The smallest absolute Gasteiger partial charge is 0.277 e. The largest absolute Gasteiger partial charge is 0.497 e. The summed E-state index contributed by atoms with van der Waals surface area (Å²) in [6.07, 6.45) is 0. The zero-order valence-electron chi connectivity index (χ0n) is 15.8. The Kier molecular flexibility index (Phi) is 6.91. The van der Waals surface area contributed by atoms with E-state index in [4.69, 9.17) is 9.15 Å². The van der Waals surface area contributed by atoms with Crippen LogP contribution in [0.1, 0.15) is 0 Å². The monoisotopic (exact) mass is 398 g/mol. The first kappa shape index (κ1) is 19.8. The highest BCUT2D eigenvalue weighted by Gasteiger charge is 2.11. The summed E-state index contributed by atoms with van der Waals surface area (Å²) in [6, 6.07) is 17.4. The van der Waals surface area contributed by atoms with Crippen LogP contribution in [-0.4, -0.2) is 49.1 Å². The number of rotatable bonds is 9. The Morgan fingerprint density at radius 2 is 1.89 bits per heavy atom. The van der Waals surface area contributed by atoms with E-state index in [1.807, 2.05) is 61.6 Å². The molecule has 1 aromatic heterocycles. The van der Waals surface area contributed by atoms with Crippen LogP contribution in [0, 0.1) is 0 Å². The molecule has 7 nitrogen and oxygen atoms in total. The number of carbonyl (C=O) groups is 1. The Morgan fingerprint density at radius 3 is 2.61 bits per heavy atom. The number of hydrogen-bond donors (Lipinski definition) is 1. The van der Waals surface area contributed by atoms with E-state index in [1.54, 1.807) is 7.11 Å². The summed E-state index contributed by atoms with van der Waals surface area (Å²) in [5.74, 6) is 1.32. The number of benzene rings is 2. The van der Waals surface area contributed by atoms with Crippen molar-refractivity contribution in [1.29, 1.82) is 0 Å². The Balaban J connectivity index is 1.41. The van der Waals surface area contributed by atoms with Crippen LogP contribution in [0.4, 0.5) is 5.69 Å². The van der Waals surface area contributed by atoms with Crippen molar-refractivity contribution in [2.24, 2.45) is 0 Å². The molecule has 0 saturated carbocycles. The number of nitrogens with zero attached hydrogens (tertiary/aromatic N) is 3. The molecule has 2 aromatic carbocycles. The number of carbonyl (C=O) groups excluding carboxylic acids is 1. The summed E-state index contributed by atoms with van der Waals surface area (Å²) in [6.45, 7) is 1.29. The number of anilines is 1. The third-order valence-corrected chi connectivity index (χ3v) is 4.85. The molecule has 0 saturated heterocycles. The van der Waals surface area contributed by atoms with Crippen LogP contribution in [0.5, 0.6) is 5.75 Å². The molecule has 28 heavy (non-hydrogen) atoms. The van der Waals surface area contributed by atoms with E-state index in [2.05, 4.69) is 20.4 Å². The van der Waals surface area contributed by atoms with E-state index in [1.165, 1.54) is 11.8 Å². The molecule has 3 aromatic rings. The predicted molar refractivity (Wildman–Crippen MR) is 110 cm³/mol. The van der Waals surface area contributed by atoms with E-state index in [-0.39, 0.29) is 11.7 Å². The number of hydrogen-bond acceptors (Lipinski definition) is 7. The Bertz CT molecular complexity index is 884. The second kappa shape index (κ2) is 9.80. The van der Waals surface area contributed by atoms with Crippen molar-refractivity contribution in [3.8, 4) is 17.2 Å². The fraction of sp³-hybridized carbons (Fsp3) is 0.250. The molecular weight excluding hydrogens is 376 g/mol. The fourth-order valence-electron chi connectivity index (χ4n) is 2.47.